The van der Waals surface area contributed by atoms with Gasteiger partial charge in [0.2, 0.25) is 5.78 Å². The lowest BCUT2D eigenvalue weighted by atomic mass is 9.65. The van der Waals surface area contributed by atoms with E-state index in [1.807, 2.05) is 29.8 Å². The Morgan fingerprint density at radius 1 is 1.08 bits per heavy atom. The standard InChI is InChI=1S/C20H21FN4/c1-12-10-25-11-13(9-22-18(25)23-12)17-14-7-6-8-15(21)16(14)19(2,3)20(4,5)24-17/h6-11H,1-5H3. The van der Waals surface area contributed by atoms with Crippen LogP contribution in [0.5, 0.6) is 0 Å². The van der Waals surface area contributed by atoms with Gasteiger partial charge in [-0.15, -0.1) is 0 Å². The Morgan fingerprint density at radius 3 is 2.60 bits per heavy atom. The fourth-order valence-electron chi connectivity index (χ4n) is 3.49. The van der Waals surface area contributed by atoms with Gasteiger partial charge in [-0.05, 0) is 26.8 Å². The average Bonchev–Trinajstić information content (AvgIpc) is 2.90. The largest absolute Gasteiger partial charge is 0.290 e. The zero-order chi connectivity index (χ0) is 18.0. The van der Waals surface area contributed by atoms with Gasteiger partial charge in [-0.2, -0.15) is 0 Å². The summed E-state index contributed by atoms with van der Waals surface area (Å²) in [5.74, 6) is 0.465. The van der Waals surface area contributed by atoms with Crippen molar-refractivity contribution in [2.75, 3.05) is 0 Å². The third-order valence-corrected chi connectivity index (χ3v) is 5.52. The van der Waals surface area contributed by atoms with Crippen LogP contribution in [0.3, 0.4) is 0 Å². The summed E-state index contributed by atoms with van der Waals surface area (Å²) in [5, 5.41) is 0. The molecule has 2 aromatic heterocycles. The van der Waals surface area contributed by atoms with Crippen molar-refractivity contribution in [2.45, 2.75) is 45.6 Å². The predicted molar refractivity (Wildman–Crippen MR) is 96.9 cm³/mol. The molecule has 4 rings (SSSR count). The molecule has 0 saturated heterocycles. The molecule has 4 nitrogen and oxygen atoms in total. The van der Waals surface area contributed by atoms with Gasteiger partial charge in [-0.25, -0.2) is 14.4 Å². The molecule has 25 heavy (non-hydrogen) atoms. The maximum absolute atomic E-state index is 14.8. The number of rotatable bonds is 1. The quantitative estimate of drug-likeness (QED) is 0.672. The molecular weight excluding hydrogens is 315 g/mol. The Hall–Kier alpha value is -2.56. The number of nitrogens with zero attached hydrogens (tertiary/aromatic N) is 4. The molecule has 0 bridgehead atoms. The van der Waals surface area contributed by atoms with Crippen molar-refractivity contribution >= 4 is 11.5 Å². The molecule has 1 aromatic carbocycles. The molecule has 3 heterocycles. The van der Waals surface area contributed by atoms with Gasteiger partial charge in [0.25, 0.3) is 0 Å². The van der Waals surface area contributed by atoms with Gasteiger partial charge in [0.15, 0.2) is 0 Å². The highest BCUT2D eigenvalue weighted by molar-refractivity contribution is 6.14. The summed E-state index contributed by atoms with van der Waals surface area (Å²) in [6.07, 6.45) is 5.66. The highest BCUT2D eigenvalue weighted by Gasteiger charge is 2.45. The molecule has 0 aliphatic carbocycles. The lowest BCUT2D eigenvalue weighted by Crippen LogP contribution is -2.46. The van der Waals surface area contributed by atoms with Crippen LogP contribution in [0.2, 0.25) is 0 Å². The summed E-state index contributed by atoms with van der Waals surface area (Å²) in [4.78, 5) is 13.8. The summed E-state index contributed by atoms with van der Waals surface area (Å²) < 4.78 is 16.7. The lowest BCUT2D eigenvalue weighted by molar-refractivity contribution is 0.293. The predicted octanol–water partition coefficient (Wildman–Crippen LogP) is 4.08. The zero-order valence-electron chi connectivity index (χ0n) is 15.1. The van der Waals surface area contributed by atoms with Gasteiger partial charge in [0.1, 0.15) is 5.82 Å². The number of aliphatic imine (C=N–C) groups is 1. The highest BCUT2D eigenvalue weighted by atomic mass is 19.1. The van der Waals surface area contributed by atoms with Crippen LogP contribution < -0.4 is 0 Å². The number of hydrogen-bond donors (Lipinski definition) is 0. The number of imidazole rings is 1. The van der Waals surface area contributed by atoms with Crippen LogP contribution in [0.4, 0.5) is 4.39 Å². The normalized spacial score (nSPS) is 18.1. The van der Waals surface area contributed by atoms with E-state index in [0.717, 1.165) is 22.5 Å². The van der Waals surface area contributed by atoms with E-state index in [1.165, 1.54) is 6.07 Å². The highest BCUT2D eigenvalue weighted by Crippen LogP contribution is 2.44. The minimum absolute atomic E-state index is 0.185. The van der Waals surface area contributed by atoms with Crippen molar-refractivity contribution in [3.8, 4) is 0 Å². The second kappa shape index (κ2) is 4.97. The van der Waals surface area contributed by atoms with Crippen LogP contribution in [0, 0.1) is 12.7 Å². The van der Waals surface area contributed by atoms with Crippen molar-refractivity contribution < 1.29 is 4.39 Å². The van der Waals surface area contributed by atoms with Crippen LogP contribution in [-0.2, 0) is 5.41 Å². The van der Waals surface area contributed by atoms with Crippen LogP contribution in [-0.4, -0.2) is 25.6 Å². The minimum atomic E-state index is -0.447. The van der Waals surface area contributed by atoms with E-state index >= 15 is 0 Å². The maximum atomic E-state index is 14.8. The Morgan fingerprint density at radius 2 is 1.84 bits per heavy atom. The van der Waals surface area contributed by atoms with E-state index in [4.69, 9.17) is 4.99 Å². The van der Waals surface area contributed by atoms with E-state index in [0.29, 0.717) is 11.3 Å². The minimum Gasteiger partial charge on any atom is -0.290 e. The average molecular weight is 336 g/mol. The molecule has 1 aliphatic heterocycles. The van der Waals surface area contributed by atoms with Gasteiger partial charge >= 0.3 is 0 Å². The Labute approximate surface area is 146 Å². The smallest absolute Gasteiger partial charge is 0.233 e. The number of aromatic nitrogens is 3. The fraction of sp³-hybridized carbons (Fsp3) is 0.350. The van der Waals surface area contributed by atoms with Crippen molar-refractivity contribution in [3.05, 3.63) is 65.0 Å². The number of fused-ring (bicyclic) bond motifs is 2. The Balaban J connectivity index is 2.00. The number of hydrogen-bond acceptors (Lipinski definition) is 3. The Bertz CT molecular complexity index is 1030. The van der Waals surface area contributed by atoms with E-state index in [-0.39, 0.29) is 5.82 Å². The maximum Gasteiger partial charge on any atom is 0.233 e. The van der Waals surface area contributed by atoms with Crippen molar-refractivity contribution in [3.63, 3.8) is 0 Å². The number of halogens is 1. The topological polar surface area (TPSA) is 42.5 Å². The molecule has 0 unspecified atom stereocenters. The lowest BCUT2D eigenvalue weighted by Gasteiger charge is -2.44. The molecule has 0 fully saturated rings. The zero-order valence-corrected chi connectivity index (χ0v) is 15.1. The van der Waals surface area contributed by atoms with Crippen LogP contribution >= 0.6 is 0 Å². The van der Waals surface area contributed by atoms with E-state index < -0.39 is 11.0 Å². The van der Waals surface area contributed by atoms with Crippen molar-refractivity contribution in [2.24, 2.45) is 4.99 Å². The number of benzene rings is 1. The van der Waals surface area contributed by atoms with Crippen LogP contribution in [0.1, 0.15) is 50.1 Å². The van der Waals surface area contributed by atoms with Gasteiger partial charge in [-0.1, -0.05) is 26.0 Å². The molecule has 0 spiro atoms. The second-order valence-electron chi connectivity index (χ2n) is 7.74. The first-order valence-electron chi connectivity index (χ1n) is 8.42. The summed E-state index contributed by atoms with van der Waals surface area (Å²) in [7, 11) is 0. The summed E-state index contributed by atoms with van der Waals surface area (Å²) in [6, 6.07) is 5.21. The molecule has 0 amide bonds. The molecule has 3 aromatic rings. The van der Waals surface area contributed by atoms with Gasteiger partial charge < -0.3 is 0 Å². The monoisotopic (exact) mass is 336 g/mol. The first-order valence-corrected chi connectivity index (χ1v) is 8.42. The van der Waals surface area contributed by atoms with Crippen LogP contribution in [0.15, 0.2) is 41.8 Å². The van der Waals surface area contributed by atoms with Crippen molar-refractivity contribution in [1.82, 2.24) is 14.4 Å². The first kappa shape index (κ1) is 15.9. The van der Waals surface area contributed by atoms with Gasteiger partial charge in [0, 0.05) is 40.7 Å². The molecular formula is C20H21FN4. The molecule has 0 radical (unpaired) electrons. The third-order valence-electron chi connectivity index (χ3n) is 5.52. The van der Waals surface area contributed by atoms with Gasteiger partial charge in [0.05, 0.1) is 16.9 Å². The van der Waals surface area contributed by atoms with Crippen LogP contribution in [0.25, 0.3) is 5.78 Å². The first-order chi connectivity index (χ1) is 11.7. The van der Waals surface area contributed by atoms with E-state index in [2.05, 4.69) is 37.7 Å². The molecule has 0 N–H and O–H groups in total. The van der Waals surface area contributed by atoms with Gasteiger partial charge in [-0.3, -0.25) is 9.39 Å². The summed E-state index contributed by atoms with van der Waals surface area (Å²) in [6.45, 7) is 10.1. The summed E-state index contributed by atoms with van der Waals surface area (Å²) in [5.41, 5.74) is 3.23. The molecule has 0 saturated carbocycles. The molecule has 5 heteroatoms. The van der Waals surface area contributed by atoms with E-state index in [1.54, 1.807) is 12.3 Å². The van der Waals surface area contributed by atoms with E-state index in [9.17, 15) is 4.39 Å². The number of aryl methyl sites for hydroxylation is 1. The fourth-order valence-corrected chi connectivity index (χ4v) is 3.49. The molecule has 128 valence electrons. The molecule has 0 atom stereocenters. The second-order valence-corrected chi connectivity index (χ2v) is 7.74. The molecule has 1 aliphatic rings. The summed E-state index contributed by atoms with van der Waals surface area (Å²) >= 11 is 0. The SMILES string of the molecule is Cc1cn2cc(C3=NC(C)(C)C(C)(C)c4c(F)cccc43)cnc2n1. The van der Waals surface area contributed by atoms with Crippen molar-refractivity contribution in [1.29, 1.82) is 0 Å². The third kappa shape index (κ3) is 2.22. The Kier molecular flexibility index (Phi) is 3.17.